The third kappa shape index (κ3) is 3.07. The Morgan fingerprint density at radius 3 is 2.55 bits per heavy atom. The van der Waals surface area contributed by atoms with Gasteiger partial charge in [-0.2, -0.15) is 0 Å². The van der Waals surface area contributed by atoms with E-state index in [1.165, 1.54) is 44.7 Å². The molecular formula is C16H25N3O. The molecule has 0 unspecified atom stereocenters. The van der Waals surface area contributed by atoms with Crippen molar-refractivity contribution in [2.45, 2.75) is 18.9 Å². The molecule has 0 aromatic heterocycles. The van der Waals surface area contributed by atoms with Crippen molar-refractivity contribution in [2.75, 3.05) is 51.3 Å². The topological polar surface area (TPSA) is 27.7 Å². The molecule has 110 valence electrons. The highest BCUT2D eigenvalue weighted by molar-refractivity contribution is 5.51. The Morgan fingerprint density at radius 2 is 1.85 bits per heavy atom. The first-order chi connectivity index (χ1) is 9.86. The number of hydrogen-bond acceptors (Lipinski definition) is 4. The minimum Gasteiger partial charge on any atom is -0.497 e. The predicted octanol–water partition coefficient (Wildman–Crippen LogP) is 1.57. The van der Waals surface area contributed by atoms with Crippen molar-refractivity contribution in [3.63, 3.8) is 0 Å². The summed E-state index contributed by atoms with van der Waals surface area (Å²) in [6.07, 6.45) is 2.61. The Morgan fingerprint density at radius 1 is 1.10 bits per heavy atom. The van der Waals surface area contributed by atoms with E-state index >= 15 is 0 Å². The molecule has 20 heavy (non-hydrogen) atoms. The summed E-state index contributed by atoms with van der Waals surface area (Å²) in [6, 6.07) is 9.20. The number of piperidine rings is 1. The summed E-state index contributed by atoms with van der Waals surface area (Å²) in [5, 5.41) is 3.45. The summed E-state index contributed by atoms with van der Waals surface area (Å²) in [5.41, 5.74) is 1.29. The largest absolute Gasteiger partial charge is 0.497 e. The SMILES string of the molecule is COc1cccc(N2CCN(C3CCNCC3)CC2)c1. The minimum absolute atomic E-state index is 0.795. The van der Waals surface area contributed by atoms with Crippen LogP contribution < -0.4 is 15.0 Å². The molecule has 0 saturated carbocycles. The molecule has 0 radical (unpaired) electrons. The van der Waals surface area contributed by atoms with Crippen LogP contribution in [-0.2, 0) is 0 Å². The van der Waals surface area contributed by atoms with Crippen LogP contribution in [0.5, 0.6) is 5.75 Å². The number of anilines is 1. The maximum absolute atomic E-state index is 5.32. The Hall–Kier alpha value is -1.26. The van der Waals surface area contributed by atoms with Crippen LogP contribution in [0.3, 0.4) is 0 Å². The number of nitrogens with one attached hydrogen (secondary N) is 1. The average Bonchev–Trinajstić information content (AvgIpc) is 2.56. The lowest BCUT2D eigenvalue weighted by Gasteiger charge is -2.41. The van der Waals surface area contributed by atoms with Gasteiger partial charge in [-0.25, -0.2) is 0 Å². The smallest absolute Gasteiger partial charge is 0.120 e. The first-order valence-electron chi connectivity index (χ1n) is 7.70. The molecule has 0 atom stereocenters. The molecule has 3 rings (SSSR count). The molecule has 1 N–H and O–H groups in total. The van der Waals surface area contributed by atoms with E-state index < -0.39 is 0 Å². The van der Waals surface area contributed by atoms with Crippen molar-refractivity contribution in [1.29, 1.82) is 0 Å². The number of methoxy groups -OCH3 is 1. The molecule has 0 amide bonds. The lowest BCUT2D eigenvalue weighted by atomic mass is 10.0. The van der Waals surface area contributed by atoms with Gasteiger partial charge in [0.2, 0.25) is 0 Å². The van der Waals surface area contributed by atoms with Gasteiger partial charge in [-0.1, -0.05) is 6.07 Å². The van der Waals surface area contributed by atoms with Gasteiger partial charge in [0, 0.05) is 44.0 Å². The van der Waals surface area contributed by atoms with E-state index in [-0.39, 0.29) is 0 Å². The van der Waals surface area contributed by atoms with Crippen LogP contribution >= 0.6 is 0 Å². The normalized spacial score (nSPS) is 21.9. The van der Waals surface area contributed by atoms with Crippen LogP contribution in [0.25, 0.3) is 0 Å². The highest BCUT2D eigenvalue weighted by Crippen LogP contribution is 2.23. The lowest BCUT2D eigenvalue weighted by Crippen LogP contribution is -2.52. The number of piperazine rings is 1. The first kappa shape index (κ1) is 13.7. The van der Waals surface area contributed by atoms with Crippen LogP contribution in [0, 0.1) is 0 Å². The van der Waals surface area contributed by atoms with E-state index in [0.717, 1.165) is 24.9 Å². The number of ether oxygens (including phenoxy) is 1. The Kier molecular flexibility index (Phi) is 4.43. The Bertz CT molecular complexity index is 423. The fourth-order valence-electron chi connectivity index (χ4n) is 3.32. The zero-order chi connectivity index (χ0) is 13.8. The van der Waals surface area contributed by atoms with Crippen molar-refractivity contribution >= 4 is 5.69 Å². The second kappa shape index (κ2) is 6.46. The Labute approximate surface area is 121 Å². The van der Waals surface area contributed by atoms with Crippen molar-refractivity contribution in [3.05, 3.63) is 24.3 Å². The minimum atomic E-state index is 0.795. The fourth-order valence-corrected chi connectivity index (χ4v) is 3.32. The van der Waals surface area contributed by atoms with Crippen molar-refractivity contribution in [1.82, 2.24) is 10.2 Å². The zero-order valence-electron chi connectivity index (χ0n) is 12.3. The quantitative estimate of drug-likeness (QED) is 0.906. The summed E-state index contributed by atoms with van der Waals surface area (Å²) in [5.74, 6) is 0.947. The molecule has 2 heterocycles. The first-order valence-corrected chi connectivity index (χ1v) is 7.70. The second-order valence-corrected chi connectivity index (χ2v) is 5.71. The summed E-state index contributed by atoms with van der Waals surface area (Å²) in [6.45, 7) is 6.97. The van der Waals surface area contributed by atoms with E-state index in [1.54, 1.807) is 7.11 Å². The second-order valence-electron chi connectivity index (χ2n) is 5.71. The van der Waals surface area contributed by atoms with Gasteiger partial charge in [-0.3, -0.25) is 4.90 Å². The summed E-state index contributed by atoms with van der Waals surface area (Å²) < 4.78 is 5.32. The van der Waals surface area contributed by atoms with Gasteiger partial charge in [0.1, 0.15) is 5.75 Å². The maximum Gasteiger partial charge on any atom is 0.120 e. The van der Waals surface area contributed by atoms with Gasteiger partial charge >= 0.3 is 0 Å². The zero-order valence-corrected chi connectivity index (χ0v) is 12.3. The van der Waals surface area contributed by atoms with Crippen molar-refractivity contribution in [3.8, 4) is 5.75 Å². The van der Waals surface area contributed by atoms with Gasteiger partial charge < -0.3 is 15.0 Å². The van der Waals surface area contributed by atoms with Crippen molar-refractivity contribution < 1.29 is 4.74 Å². The summed E-state index contributed by atoms with van der Waals surface area (Å²) in [7, 11) is 1.73. The van der Waals surface area contributed by atoms with Gasteiger partial charge in [-0.15, -0.1) is 0 Å². The molecule has 0 aliphatic carbocycles. The molecule has 2 saturated heterocycles. The van der Waals surface area contributed by atoms with Gasteiger partial charge in [0.05, 0.1) is 7.11 Å². The van der Waals surface area contributed by atoms with E-state index in [9.17, 15) is 0 Å². The molecule has 2 aliphatic rings. The summed E-state index contributed by atoms with van der Waals surface area (Å²) in [4.78, 5) is 5.15. The van der Waals surface area contributed by atoms with Crippen molar-refractivity contribution in [2.24, 2.45) is 0 Å². The number of nitrogens with zero attached hydrogens (tertiary/aromatic N) is 2. The maximum atomic E-state index is 5.32. The Balaban J connectivity index is 1.57. The lowest BCUT2D eigenvalue weighted by molar-refractivity contribution is 0.153. The number of rotatable bonds is 3. The van der Waals surface area contributed by atoms with E-state index in [0.29, 0.717) is 0 Å². The van der Waals surface area contributed by atoms with Gasteiger partial charge in [0.25, 0.3) is 0 Å². The highest BCUT2D eigenvalue weighted by Gasteiger charge is 2.25. The molecule has 2 aliphatic heterocycles. The third-order valence-electron chi connectivity index (χ3n) is 4.56. The number of hydrogen-bond donors (Lipinski definition) is 1. The summed E-state index contributed by atoms with van der Waals surface area (Å²) >= 11 is 0. The fraction of sp³-hybridized carbons (Fsp3) is 0.625. The highest BCUT2D eigenvalue weighted by atomic mass is 16.5. The monoisotopic (exact) mass is 275 g/mol. The molecular weight excluding hydrogens is 250 g/mol. The number of benzene rings is 1. The van der Waals surface area contributed by atoms with Gasteiger partial charge in [-0.05, 0) is 38.1 Å². The molecule has 2 fully saturated rings. The van der Waals surface area contributed by atoms with E-state index in [2.05, 4.69) is 33.3 Å². The van der Waals surface area contributed by atoms with Crippen LogP contribution in [0.2, 0.25) is 0 Å². The average molecular weight is 275 g/mol. The molecule has 1 aromatic rings. The van der Waals surface area contributed by atoms with Crippen LogP contribution in [0.4, 0.5) is 5.69 Å². The molecule has 1 aromatic carbocycles. The van der Waals surface area contributed by atoms with E-state index in [4.69, 9.17) is 4.74 Å². The van der Waals surface area contributed by atoms with Crippen LogP contribution in [0.1, 0.15) is 12.8 Å². The standard InChI is InChI=1S/C16H25N3O/c1-20-16-4-2-3-15(13-16)19-11-9-18(10-12-19)14-5-7-17-8-6-14/h2-4,13-14,17H,5-12H2,1H3. The molecule has 4 nitrogen and oxygen atoms in total. The van der Waals surface area contributed by atoms with Gasteiger partial charge in [0.15, 0.2) is 0 Å². The molecule has 4 heteroatoms. The molecule has 0 spiro atoms. The van der Waals surface area contributed by atoms with Crippen LogP contribution in [0.15, 0.2) is 24.3 Å². The van der Waals surface area contributed by atoms with Crippen LogP contribution in [-0.4, -0.2) is 57.3 Å². The third-order valence-corrected chi connectivity index (χ3v) is 4.56. The van der Waals surface area contributed by atoms with E-state index in [1.807, 2.05) is 6.07 Å². The predicted molar refractivity (Wildman–Crippen MR) is 82.7 cm³/mol. The molecule has 0 bridgehead atoms.